The van der Waals surface area contributed by atoms with Gasteiger partial charge >= 0.3 is 5.97 Å². The van der Waals surface area contributed by atoms with Crippen LogP contribution in [0.5, 0.6) is 5.75 Å². The van der Waals surface area contributed by atoms with E-state index in [1.54, 1.807) is 19.1 Å². The number of rotatable bonds is 4. The highest BCUT2D eigenvalue weighted by Gasteiger charge is 2.41. The second-order valence-electron chi connectivity index (χ2n) is 5.60. The molecule has 5 heteroatoms. The summed E-state index contributed by atoms with van der Waals surface area (Å²) < 4.78 is 5.13. The van der Waals surface area contributed by atoms with Crippen molar-refractivity contribution in [3.05, 3.63) is 29.3 Å². The van der Waals surface area contributed by atoms with E-state index in [0.717, 1.165) is 24.9 Å². The first-order chi connectivity index (χ1) is 10.0. The van der Waals surface area contributed by atoms with Crippen molar-refractivity contribution < 1.29 is 14.6 Å². The van der Waals surface area contributed by atoms with Gasteiger partial charge in [-0.15, -0.1) is 0 Å². The summed E-state index contributed by atoms with van der Waals surface area (Å²) >= 11 is 0. The van der Waals surface area contributed by atoms with Crippen LogP contribution >= 0.6 is 0 Å². The van der Waals surface area contributed by atoms with E-state index in [1.165, 1.54) is 7.11 Å². The maximum absolute atomic E-state index is 11.6. The molecule has 0 saturated carbocycles. The third kappa shape index (κ3) is 3.01. The molecule has 0 aromatic heterocycles. The predicted octanol–water partition coefficient (Wildman–Crippen LogP) is 2.40. The van der Waals surface area contributed by atoms with Gasteiger partial charge in [-0.25, -0.2) is 0 Å². The first kappa shape index (κ1) is 15.3. The summed E-state index contributed by atoms with van der Waals surface area (Å²) in [5.41, 5.74) is 0.580. The minimum atomic E-state index is -0.828. The van der Waals surface area contributed by atoms with Crippen LogP contribution in [0.2, 0.25) is 0 Å². The van der Waals surface area contributed by atoms with E-state index in [2.05, 4.69) is 6.07 Å². The molecule has 0 bridgehead atoms. The third-order valence-electron chi connectivity index (χ3n) is 4.26. The van der Waals surface area contributed by atoms with Gasteiger partial charge in [0.2, 0.25) is 0 Å². The molecule has 0 radical (unpaired) electrons. The summed E-state index contributed by atoms with van der Waals surface area (Å²) in [6, 6.07) is 7.53. The maximum Gasteiger partial charge on any atom is 0.323 e. The van der Waals surface area contributed by atoms with Gasteiger partial charge in [-0.2, -0.15) is 5.26 Å². The first-order valence-electron chi connectivity index (χ1n) is 7.06. The number of ether oxygens (including phenoxy) is 1. The van der Waals surface area contributed by atoms with Gasteiger partial charge < -0.3 is 9.84 Å². The SMILES string of the molecule is COc1ccc(CN2CCCCC2(C)C(=O)O)cc1C#N. The Morgan fingerprint density at radius 1 is 1.52 bits per heavy atom. The van der Waals surface area contributed by atoms with Gasteiger partial charge in [-0.3, -0.25) is 9.69 Å². The van der Waals surface area contributed by atoms with Crippen LogP contribution in [0.15, 0.2) is 18.2 Å². The van der Waals surface area contributed by atoms with E-state index < -0.39 is 11.5 Å². The number of methoxy groups -OCH3 is 1. The molecular formula is C16H20N2O3. The Bertz CT molecular complexity index is 579. The van der Waals surface area contributed by atoms with Crippen LogP contribution < -0.4 is 4.74 Å². The topological polar surface area (TPSA) is 73.6 Å². The van der Waals surface area contributed by atoms with Gasteiger partial charge in [0.25, 0.3) is 0 Å². The Hall–Kier alpha value is -2.06. The van der Waals surface area contributed by atoms with E-state index in [1.807, 2.05) is 11.0 Å². The smallest absolute Gasteiger partial charge is 0.323 e. The van der Waals surface area contributed by atoms with Crippen molar-refractivity contribution in [2.45, 2.75) is 38.3 Å². The summed E-state index contributed by atoms with van der Waals surface area (Å²) in [5, 5.41) is 18.6. The lowest BCUT2D eigenvalue weighted by Crippen LogP contribution is -2.54. The van der Waals surface area contributed by atoms with Crippen molar-refractivity contribution in [2.24, 2.45) is 0 Å². The average Bonchev–Trinajstić information content (AvgIpc) is 2.49. The maximum atomic E-state index is 11.6. The fraction of sp³-hybridized carbons (Fsp3) is 0.500. The standard InChI is InChI=1S/C16H20N2O3/c1-16(15(19)20)7-3-4-8-18(16)11-12-5-6-14(21-2)13(9-12)10-17/h5-6,9H,3-4,7-8,11H2,1-2H3,(H,19,20). The molecule has 0 amide bonds. The van der Waals surface area contributed by atoms with Crippen LogP contribution in [0.1, 0.15) is 37.3 Å². The second kappa shape index (κ2) is 6.15. The lowest BCUT2D eigenvalue weighted by atomic mass is 9.88. The number of carbonyl (C=O) groups is 1. The average molecular weight is 288 g/mol. The van der Waals surface area contributed by atoms with E-state index in [-0.39, 0.29) is 0 Å². The number of benzene rings is 1. The molecule has 1 heterocycles. The summed E-state index contributed by atoms with van der Waals surface area (Å²) in [7, 11) is 1.53. The van der Waals surface area contributed by atoms with Crippen LogP contribution in [0.4, 0.5) is 0 Å². The minimum Gasteiger partial charge on any atom is -0.495 e. The van der Waals surface area contributed by atoms with Crippen LogP contribution in [0.3, 0.4) is 0 Å². The molecule has 1 saturated heterocycles. The van der Waals surface area contributed by atoms with Crippen molar-refractivity contribution in [3.63, 3.8) is 0 Å². The number of piperidine rings is 1. The lowest BCUT2D eigenvalue weighted by Gasteiger charge is -2.41. The van der Waals surface area contributed by atoms with Gasteiger partial charge in [0.05, 0.1) is 12.7 Å². The number of nitriles is 1. The highest BCUT2D eigenvalue weighted by Crippen LogP contribution is 2.30. The molecule has 0 aliphatic carbocycles. The molecule has 1 unspecified atom stereocenters. The number of carboxylic acid groups (broad SMARTS) is 1. The minimum absolute atomic E-state index is 0.476. The number of hydrogen-bond donors (Lipinski definition) is 1. The van der Waals surface area contributed by atoms with Gasteiger partial charge in [-0.1, -0.05) is 6.07 Å². The lowest BCUT2D eigenvalue weighted by molar-refractivity contribution is -0.153. The Labute approximate surface area is 124 Å². The molecule has 1 fully saturated rings. The van der Waals surface area contributed by atoms with Crippen LogP contribution in [-0.2, 0) is 11.3 Å². The molecule has 21 heavy (non-hydrogen) atoms. The molecule has 1 aromatic rings. The van der Waals surface area contributed by atoms with Crippen LogP contribution in [0.25, 0.3) is 0 Å². The van der Waals surface area contributed by atoms with Crippen LogP contribution in [-0.4, -0.2) is 35.2 Å². The number of aliphatic carboxylic acids is 1. The zero-order valence-corrected chi connectivity index (χ0v) is 12.4. The molecule has 2 rings (SSSR count). The number of likely N-dealkylation sites (tertiary alicyclic amines) is 1. The molecule has 1 N–H and O–H groups in total. The van der Waals surface area contributed by atoms with Crippen molar-refractivity contribution in [3.8, 4) is 11.8 Å². The Morgan fingerprint density at radius 3 is 2.90 bits per heavy atom. The first-order valence-corrected chi connectivity index (χ1v) is 7.06. The van der Waals surface area contributed by atoms with E-state index in [0.29, 0.717) is 24.3 Å². The van der Waals surface area contributed by atoms with E-state index >= 15 is 0 Å². The molecule has 5 nitrogen and oxygen atoms in total. The molecule has 1 atom stereocenters. The van der Waals surface area contributed by atoms with Crippen molar-refractivity contribution >= 4 is 5.97 Å². The number of nitrogens with zero attached hydrogens (tertiary/aromatic N) is 2. The molecule has 1 aromatic carbocycles. The largest absolute Gasteiger partial charge is 0.495 e. The van der Waals surface area contributed by atoms with E-state index in [4.69, 9.17) is 10.00 Å². The zero-order valence-electron chi connectivity index (χ0n) is 12.4. The van der Waals surface area contributed by atoms with Crippen molar-refractivity contribution in [1.29, 1.82) is 5.26 Å². The van der Waals surface area contributed by atoms with Crippen molar-refractivity contribution in [2.75, 3.05) is 13.7 Å². The summed E-state index contributed by atoms with van der Waals surface area (Å²) in [5.74, 6) is -0.239. The Morgan fingerprint density at radius 2 is 2.29 bits per heavy atom. The molecule has 1 aliphatic heterocycles. The Balaban J connectivity index is 2.24. The third-order valence-corrected chi connectivity index (χ3v) is 4.26. The molecule has 112 valence electrons. The normalized spacial score (nSPS) is 22.5. The number of hydrogen-bond acceptors (Lipinski definition) is 4. The van der Waals surface area contributed by atoms with Crippen LogP contribution in [0, 0.1) is 11.3 Å². The summed E-state index contributed by atoms with van der Waals surface area (Å²) in [4.78, 5) is 13.6. The monoisotopic (exact) mass is 288 g/mol. The number of carboxylic acids is 1. The summed E-state index contributed by atoms with van der Waals surface area (Å²) in [6.45, 7) is 3.07. The highest BCUT2D eigenvalue weighted by molar-refractivity contribution is 5.78. The van der Waals surface area contributed by atoms with Gasteiger partial charge in [0, 0.05) is 6.54 Å². The molecule has 1 aliphatic rings. The van der Waals surface area contributed by atoms with Gasteiger partial charge in [0.15, 0.2) is 0 Å². The van der Waals surface area contributed by atoms with E-state index in [9.17, 15) is 9.90 Å². The highest BCUT2D eigenvalue weighted by atomic mass is 16.5. The molecule has 0 spiro atoms. The molecular weight excluding hydrogens is 268 g/mol. The second-order valence-corrected chi connectivity index (χ2v) is 5.60. The predicted molar refractivity (Wildman–Crippen MR) is 78.0 cm³/mol. The Kier molecular flexibility index (Phi) is 4.49. The van der Waals surface area contributed by atoms with Gasteiger partial charge in [-0.05, 0) is 50.4 Å². The quantitative estimate of drug-likeness (QED) is 0.921. The fourth-order valence-electron chi connectivity index (χ4n) is 2.83. The van der Waals surface area contributed by atoms with Gasteiger partial charge in [0.1, 0.15) is 17.4 Å². The van der Waals surface area contributed by atoms with Crippen molar-refractivity contribution in [1.82, 2.24) is 4.90 Å². The zero-order chi connectivity index (χ0) is 15.5. The summed E-state index contributed by atoms with van der Waals surface area (Å²) in [6.07, 6.45) is 2.60. The fourth-order valence-corrected chi connectivity index (χ4v) is 2.83.